The van der Waals surface area contributed by atoms with Gasteiger partial charge in [0.1, 0.15) is 5.60 Å². The van der Waals surface area contributed by atoms with Crippen LogP contribution in [0.5, 0.6) is 0 Å². The third-order valence-corrected chi connectivity index (χ3v) is 4.71. The van der Waals surface area contributed by atoms with Crippen LogP contribution in [0.4, 0.5) is 0 Å². The Morgan fingerprint density at radius 3 is 1.71 bits per heavy atom. The van der Waals surface area contributed by atoms with Crippen molar-refractivity contribution < 1.29 is 4.65 Å². The molecule has 0 aromatic heterocycles. The first kappa shape index (κ1) is 15.2. The molecule has 0 unspecified atom stereocenters. The summed E-state index contributed by atoms with van der Waals surface area (Å²) in [5.74, 6) is 0. The Bertz CT molecular complexity index is 752. The van der Waals surface area contributed by atoms with Gasteiger partial charge in [-0.3, -0.25) is 0 Å². The summed E-state index contributed by atoms with van der Waals surface area (Å²) in [4.78, 5) is 0. The molecule has 3 heteroatoms. The van der Waals surface area contributed by atoms with E-state index >= 15 is 0 Å². The summed E-state index contributed by atoms with van der Waals surface area (Å²) in [5.41, 5.74) is 3.03. The minimum atomic E-state index is -0.538. The van der Waals surface area contributed by atoms with Crippen LogP contribution in [0, 0.1) is 0 Å². The van der Waals surface area contributed by atoms with Crippen molar-refractivity contribution >= 4 is 7.05 Å². The molecule has 1 saturated heterocycles. The minimum absolute atomic E-state index is 0.0318. The first-order valence-corrected chi connectivity index (χ1v) is 8.40. The number of benzene rings is 3. The summed E-state index contributed by atoms with van der Waals surface area (Å²) in [6.45, 7) is 2.07. The van der Waals surface area contributed by atoms with Crippen LogP contribution < -0.4 is 5.23 Å². The zero-order valence-corrected chi connectivity index (χ0v) is 13.7. The predicted molar refractivity (Wildman–Crippen MR) is 98.7 cm³/mol. The first-order chi connectivity index (χ1) is 11.8. The van der Waals surface area contributed by atoms with Gasteiger partial charge in [0.25, 0.3) is 0 Å². The normalized spacial score (nSPS) is 19.4. The molecule has 3 aromatic rings. The second kappa shape index (κ2) is 6.27. The van der Waals surface area contributed by atoms with Crippen LogP contribution >= 0.6 is 0 Å². The van der Waals surface area contributed by atoms with Gasteiger partial charge in [0.2, 0.25) is 0 Å². The van der Waals surface area contributed by atoms with E-state index in [0.717, 1.165) is 0 Å². The van der Waals surface area contributed by atoms with Gasteiger partial charge in [0.05, 0.1) is 6.04 Å². The highest BCUT2D eigenvalue weighted by Gasteiger charge is 2.51. The lowest BCUT2D eigenvalue weighted by atomic mass is 9.78. The summed E-state index contributed by atoms with van der Waals surface area (Å²) in [6, 6.07) is 31.6. The van der Waals surface area contributed by atoms with E-state index in [4.69, 9.17) is 4.65 Å². The van der Waals surface area contributed by atoms with Crippen molar-refractivity contribution in [2.24, 2.45) is 0 Å². The zero-order valence-electron chi connectivity index (χ0n) is 13.7. The maximum Gasteiger partial charge on any atom is 0.377 e. The Balaban J connectivity index is 1.95. The van der Waals surface area contributed by atoms with E-state index in [1.807, 2.05) is 12.1 Å². The summed E-state index contributed by atoms with van der Waals surface area (Å²) >= 11 is 0. The number of hydrogen-bond acceptors (Lipinski definition) is 2. The largest absolute Gasteiger partial charge is 0.406 e. The maximum atomic E-state index is 6.58. The molecule has 0 spiro atoms. The van der Waals surface area contributed by atoms with Crippen LogP contribution in [0.15, 0.2) is 91.0 Å². The fraction of sp³-hybridized carbons (Fsp3) is 0.143. The van der Waals surface area contributed by atoms with E-state index in [0.29, 0.717) is 0 Å². The van der Waals surface area contributed by atoms with Crippen molar-refractivity contribution in [1.29, 1.82) is 0 Å². The van der Waals surface area contributed by atoms with E-state index in [2.05, 4.69) is 90.9 Å². The van der Waals surface area contributed by atoms with Gasteiger partial charge in [-0.1, -0.05) is 91.0 Å². The zero-order chi connectivity index (χ0) is 16.4. The van der Waals surface area contributed by atoms with Crippen LogP contribution in [-0.4, -0.2) is 7.05 Å². The molecule has 0 aliphatic carbocycles. The fourth-order valence-corrected chi connectivity index (χ4v) is 3.72. The molecule has 1 fully saturated rings. The van der Waals surface area contributed by atoms with Crippen molar-refractivity contribution in [2.45, 2.75) is 18.5 Å². The van der Waals surface area contributed by atoms with E-state index < -0.39 is 5.60 Å². The van der Waals surface area contributed by atoms with Crippen LogP contribution in [-0.2, 0) is 10.3 Å². The molecule has 0 saturated carbocycles. The fourth-order valence-electron chi connectivity index (χ4n) is 3.72. The third kappa shape index (κ3) is 2.46. The maximum absolute atomic E-state index is 6.58. The van der Waals surface area contributed by atoms with Gasteiger partial charge in [0.15, 0.2) is 0 Å². The molecule has 24 heavy (non-hydrogen) atoms. The molecule has 2 nitrogen and oxygen atoms in total. The molecular weight excluding hydrogens is 293 g/mol. The van der Waals surface area contributed by atoms with E-state index in [-0.39, 0.29) is 13.1 Å². The highest BCUT2D eigenvalue weighted by Crippen LogP contribution is 2.48. The molecular formula is C21H20BNO. The molecule has 1 aliphatic rings. The molecule has 1 atom stereocenters. The van der Waals surface area contributed by atoms with Crippen molar-refractivity contribution in [2.75, 3.05) is 0 Å². The van der Waals surface area contributed by atoms with Crippen molar-refractivity contribution in [3.8, 4) is 0 Å². The summed E-state index contributed by atoms with van der Waals surface area (Å²) in [7, 11) is -0.0318. The van der Waals surface area contributed by atoms with Gasteiger partial charge in [-0.2, -0.15) is 0 Å². The Morgan fingerprint density at radius 2 is 1.21 bits per heavy atom. The van der Waals surface area contributed by atoms with Gasteiger partial charge in [-0.15, -0.1) is 0 Å². The lowest BCUT2D eigenvalue weighted by Crippen LogP contribution is -2.35. The Morgan fingerprint density at radius 1 is 0.750 bits per heavy atom. The predicted octanol–water partition coefficient (Wildman–Crippen LogP) is 4.41. The second-order valence-corrected chi connectivity index (χ2v) is 6.24. The molecule has 4 rings (SSSR count). The quantitative estimate of drug-likeness (QED) is 0.723. The lowest BCUT2D eigenvalue weighted by molar-refractivity contribution is 0.114. The summed E-state index contributed by atoms with van der Waals surface area (Å²) < 4.78 is 6.58. The van der Waals surface area contributed by atoms with Crippen molar-refractivity contribution in [3.05, 3.63) is 108 Å². The third-order valence-electron chi connectivity index (χ3n) is 4.71. The Hall–Kier alpha value is -2.36. The van der Waals surface area contributed by atoms with Gasteiger partial charge < -0.3 is 9.88 Å². The highest BCUT2D eigenvalue weighted by molar-refractivity contribution is 6.48. The van der Waals surface area contributed by atoms with Crippen molar-refractivity contribution in [1.82, 2.24) is 5.23 Å². The average molecular weight is 313 g/mol. The molecule has 0 radical (unpaired) electrons. The van der Waals surface area contributed by atoms with Gasteiger partial charge in [-0.05, 0) is 23.5 Å². The second-order valence-electron chi connectivity index (χ2n) is 6.24. The van der Waals surface area contributed by atoms with E-state index in [9.17, 15) is 0 Å². The highest BCUT2D eigenvalue weighted by atomic mass is 16.5. The standard InChI is InChI=1S/C21H20BNO/c1-22-23-20(17-11-5-2-6-12-17)21(24-22,18-13-7-3-8-14-18)19-15-9-4-10-16-19/h2-16,20,23H,1H3/t20-/m0/s1. The van der Waals surface area contributed by atoms with Gasteiger partial charge >= 0.3 is 7.05 Å². The Labute approximate surface area is 143 Å². The Kier molecular flexibility index (Phi) is 3.97. The SMILES string of the molecule is CB1N[C@@H](c2ccccc2)C(c2ccccc2)(c2ccccc2)O1. The molecule has 0 bridgehead atoms. The lowest BCUT2D eigenvalue weighted by Gasteiger charge is -2.36. The monoisotopic (exact) mass is 313 g/mol. The van der Waals surface area contributed by atoms with E-state index in [1.165, 1.54) is 16.7 Å². The van der Waals surface area contributed by atoms with Crippen LogP contribution in [0.2, 0.25) is 6.82 Å². The minimum Gasteiger partial charge on any atom is -0.406 e. The van der Waals surface area contributed by atoms with Crippen molar-refractivity contribution in [3.63, 3.8) is 0 Å². The van der Waals surface area contributed by atoms with Gasteiger partial charge in [0, 0.05) is 0 Å². The van der Waals surface area contributed by atoms with E-state index in [1.54, 1.807) is 0 Å². The number of nitrogens with one attached hydrogen (secondary N) is 1. The molecule has 118 valence electrons. The topological polar surface area (TPSA) is 21.3 Å². The average Bonchev–Trinajstić information content (AvgIpc) is 3.02. The number of rotatable bonds is 3. The summed E-state index contributed by atoms with van der Waals surface area (Å²) in [6.07, 6.45) is 0. The van der Waals surface area contributed by atoms with Crippen LogP contribution in [0.1, 0.15) is 22.7 Å². The van der Waals surface area contributed by atoms with Gasteiger partial charge in [-0.25, -0.2) is 0 Å². The first-order valence-electron chi connectivity index (χ1n) is 8.40. The molecule has 3 aromatic carbocycles. The molecule has 1 aliphatic heterocycles. The molecule has 0 amide bonds. The number of hydrogen-bond donors (Lipinski definition) is 1. The smallest absolute Gasteiger partial charge is 0.377 e. The molecule has 1 N–H and O–H groups in total. The molecule has 1 heterocycles. The van der Waals surface area contributed by atoms with Crippen LogP contribution in [0.25, 0.3) is 0 Å². The van der Waals surface area contributed by atoms with Crippen LogP contribution in [0.3, 0.4) is 0 Å². The summed E-state index contributed by atoms with van der Waals surface area (Å²) in [5, 5.41) is 3.64.